The van der Waals surface area contributed by atoms with Gasteiger partial charge < -0.3 is 19.7 Å². The predicted molar refractivity (Wildman–Crippen MR) is 138 cm³/mol. The summed E-state index contributed by atoms with van der Waals surface area (Å²) in [7, 11) is 0. The highest BCUT2D eigenvalue weighted by Gasteiger charge is 2.57. The Kier molecular flexibility index (Phi) is 6.74. The molecule has 4 rings (SSSR count). The van der Waals surface area contributed by atoms with Gasteiger partial charge in [-0.1, -0.05) is 40.2 Å². The maximum absolute atomic E-state index is 12.8. The first-order valence-electron chi connectivity index (χ1n) is 14.0. The largest absolute Gasteiger partial charge is 0.390 e. The summed E-state index contributed by atoms with van der Waals surface area (Å²) in [5, 5.41) is 23.5. The second kappa shape index (κ2) is 8.64. The zero-order chi connectivity index (χ0) is 26.1. The van der Waals surface area contributed by atoms with Crippen molar-refractivity contribution in [2.75, 3.05) is 0 Å². The minimum Gasteiger partial charge on any atom is -0.390 e. The molecular formula is C30H50O5. The summed E-state index contributed by atoms with van der Waals surface area (Å²) in [6.45, 7) is 16.7. The fourth-order valence-corrected chi connectivity index (χ4v) is 8.28. The molecule has 5 unspecified atom stereocenters. The average molecular weight is 491 g/mol. The van der Waals surface area contributed by atoms with Crippen LogP contribution in [0.3, 0.4) is 0 Å². The maximum atomic E-state index is 12.8. The van der Waals surface area contributed by atoms with Crippen LogP contribution in [0.5, 0.6) is 0 Å². The van der Waals surface area contributed by atoms with Gasteiger partial charge in [0.2, 0.25) is 0 Å². The molecule has 200 valence electrons. The molecular weight excluding hydrogens is 440 g/mol. The van der Waals surface area contributed by atoms with Gasteiger partial charge >= 0.3 is 0 Å². The van der Waals surface area contributed by atoms with Crippen LogP contribution in [-0.4, -0.2) is 44.7 Å². The van der Waals surface area contributed by atoms with E-state index in [-0.39, 0.29) is 34.7 Å². The molecule has 4 fully saturated rings. The fraction of sp³-hybridized carbons (Fsp3) is 0.900. The van der Waals surface area contributed by atoms with Crippen molar-refractivity contribution in [1.82, 2.24) is 0 Å². The van der Waals surface area contributed by atoms with Crippen LogP contribution in [0.2, 0.25) is 0 Å². The summed E-state index contributed by atoms with van der Waals surface area (Å²) in [5.74, 6) is -1.19. The predicted octanol–water partition coefficient (Wildman–Crippen LogP) is 5.96. The van der Waals surface area contributed by atoms with Gasteiger partial charge in [0, 0.05) is 23.7 Å². The zero-order valence-corrected chi connectivity index (χ0v) is 23.4. The average Bonchev–Trinajstić information content (AvgIpc) is 2.88. The number of hydrogen-bond acceptors (Lipinski definition) is 5. The highest BCUT2D eigenvalue weighted by Crippen LogP contribution is 2.56. The summed E-state index contributed by atoms with van der Waals surface area (Å²) in [5.41, 5.74) is -2.37. The third kappa shape index (κ3) is 4.69. The van der Waals surface area contributed by atoms with Crippen molar-refractivity contribution in [3.63, 3.8) is 0 Å². The van der Waals surface area contributed by atoms with Crippen molar-refractivity contribution in [2.45, 2.75) is 142 Å². The minimum absolute atomic E-state index is 0.0555. The van der Waals surface area contributed by atoms with E-state index in [1.54, 1.807) is 0 Å². The van der Waals surface area contributed by atoms with E-state index in [0.29, 0.717) is 25.2 Å². The minimum atomic E-state index is -1.39. The molecule has 0 aromatic rings. The van der Waals surface area contributed by atoms with E-state index in [1.165, 1.54) is 6.42 Å². The molecule has 2 saturated heterocycles. The van der Waals surface area contributed by atoms with Crippen molar-refractivity contribution in [3.05, 3.63) is 12.2 Å². The Morgan fingerprint density at radius 3 is 2.29 bits per heavy atom. The van der Waals surface area contributed by atoms with E-state index in [2.05, 4.69) is 34.6 Å². The number of hydrogen-bond donors (Lipinski definition) is 2. The Morgan fingerprint density at radius 2 is 1.60 bits per heavy atom. The van der Waals surface area contributed by atoms with E-state index in [0.717, 1.165) is 32.1 Å². The Labute approximate surface area is 213 Å². The number of ketones is 1. The van der Waals surface area contributed by atoms with Crippen molar-refractivity contribution in [2.24, 2.45) is 28.6 Å². The molecule has 0 radical (unpaired) electrons. The van der Waals surface area contributed by atoms with E-state index < -0.39 is 22.4 Å². The molecule has 5 heteroatoms. The second-order valence-electron chi connectivity index (χ2n) is 14.3. The lowest BCUT2D eigenvalue weighted by atomic mass is 9.57. The molecule has 5 nitrogen and oxygen atoms in total. The van der Waals surface area contributed by atoms with Crippen molar-refractivity contribution < 1.29 is 24.5 Å². The van der Waals surface area contributed by atoms with Gasteiger partial charge in [0.25, 0.3) is 0 Å². The van der Waals surface area contributed by atoms with Crippen molar-refractivity contribution in [1.29, 1.82) is 0 Å². The van der Waals surface area contributed by atoms with Crippen LogP contribution in [-0.2, 0) is 14.3 Å². The number of carbonyl (C=O) groups excluding carboxylic acids is 1. The maximum Gasteiger partial charge on any atom is 0.188 e. The van der Waals surface area contributed by atoms with Crippen LogP contribution in [0.4, 0.5) is 0 Å². The monoisotopic (exact) mass is 490 g/mol. The van der Waals surface area contributed by atoms with Crippen LogP contribution in [0, 0.1) is 28.6 Å². The summed E-state index contributed by atoms with van der Waals surface area (Å²) in [6.07, 6.45) is 11.3. The lowest BCUT2D eigenvalue weighted by molar-refractivity contribution is -0.275. The fourth-order valence-electron chi connectivity index (χ4n) is 8.28. The zero-order valence-electron chi connectivity index (χ0n) is 23.4. The molecule has 2 N–H and O–H groups in total. The quantitative estimate of drug-likeness (QED) is 0.467. The topological polar surface area (TPSA) is 76.0 Å². The van der Waals surface area contributed by atoms with Gasteiger partial charge in [-0.3, -0.25) is 4.79 Å². The molecule has 2 heterocycles. The molecule has 0 aromatic carbocycles. The van der Waals surface area contributed by atoms with Crippen LogP contribution in [0.15, 0.2) is 12.2 Å². The second-order valence-corrected chi connectivity index (χ2v) is 14.3. The lowest BCUT2D eigenvalue weighted by Crippen LogP contribution is -2.56. The molecule has 35 heavy (non-hydrogen) atoms. The molecule has 2 aliphatic heterocycles. The lowest BCUT2D eigenvalue weighted by Gasteiger charge is -2.53. The third-order valence-corrected chi connectivity index (χ3v) is 10.7. The number of aliphatic hydroxyl groups is 2. The summed E-state index contributed by atoms with van der Waals surface area (Å²) in [6, 6.07) is 0. The third-order valence-electron chi connectivity index (χ3n) is 10.7. The number of ether oxygens (including phenoxy) is 2. The normalized spacial score (nSPS) is 50.2. The molecule has 0 bridgehead atoms. The van der Waals surface area contributed by atoms with Gasteiger partial charge in [0.15, 0.2) is 11.6 Å². The number of Topliss-reactive ketones (excluding diaryl/α,β-unsaturated/α-hetero) is 1. The van der Waals surface area contributed by atoms with Crippen LogP contribution < -0.4 is 0 Å². The highest BCUT2D eigenvalue weighted by atomic mass is 16.6. The van der Waals surface area contributed by atoms with Gasteiger partial charge in [-0.2, -0.15) is 0 Å². The van der Waals surface area contributed by atoms with Gasteiger partial charge in [0.1, 0.15) is 5.60 Å². The molecule has 2 aliphatic carbocycles. The molecule has 0 amide bonds. The smallest absolute Gasteiger partial charge is 0.188 e. The Balaban J connectivity index is 1.67. The Hall–Kier alpha value is -0.750. The summed E-state index contributed by atoms with van der Waals surface area (Å²) >= 11 is 0. The van der Waals surface area contributed by atoms with Crippen LogP contribution in [0.25, 0.3) is 0 Å². The van der Waals surface area contributed by atoms with Crippen LogP contribution >= 0.6 is 0 Å². The highest BCUT2D eigenvalue weighted by molar-refractivity contribution is 5.86. The van der Waals surface area contributed by atoms with Gasteiger partial charge in [-0.15, -0.1) is 0 Å². The number of fused-ring (bicyclic) bond motifs is 2. The number of rotatable bonds is 2. The molecule has 0 spiro atoms. The standard InChI is InChI=1S/C30H50O5/c1-20-10-11-21-25(2,3)15-9-16-29(21,8)35-30(20,33)19-12-22-27(6)17-13-23(31)26(4,5)34-24(27)14-18-28(22,7)32/h12,19-22,24,32-33H,9-11,13-18H2,1-8H3/b19-12+/t20?,21?,22?,24-,27-,28+,29?,30?/m1/s1. The van der Waals surface area contributed by atoms with Gasteiger partial charge in [-0.25, -0.2) is 0 Å². The Morgan fingerprint density at radius 1 is 0.914 bits per heavy atom. The molecule has 0 aromatic heterocycles. The van der Waals surface area contributed by atoms with E-state index in [4.69, 9.17) is 9.47 Å². The van der Waals surface area contributed by atoms with E-state index >= 15 is 0 Å². The Bertz CT molecular complexity index is 859. The van der Waals surface area contributed by atoms with E-state index in [1.807, 2.05) is 32.9 Å². The van der Waals surface area contributed by atoms with Crippen molar-refractivity contribution >= 4 is 5.78 Å². The van der Waals surface area contributed by atoms with Crippen molar-refractivity contribution in [3.8, 4) is 0 Å². The molecule has 4 aliphatic rings. The van der Waals surface area contributed by atoms with Gasteiger partial charge in [-0.05, 0) is 90.0 Å². The van der Waals surface area contributed by atoms with Crippen LogP contribution in [0.1, 0.15) is 113 Å². The molecule has 8 atom stereocenters. The molecule has 2 saturated carbocycles. The first kappa shape index (κ1) is 27.3. The first-order chi connectivity index (χ1) is 16.0. The van der Waals surface area contributed by atoms with Gasteiger partial charge in [0.05, 0.1) is 17.3 Å². The summed E-state index contributed by atoms with van der Waals surface area (Å²) in [4.78, 5) is 12.8. The SMILES string of the molecule is CC1CCC2C(C)(C)CCCC2(C)OC1(O)/C=C/C1[C@@](C)(O)CC[C@H]2OC(C)(C)C(=O)CC[C@]12C. The summed E-state index contributed by atoms with van der Waals surface area (Å²) < 4.78 is 13.2. The first-order valence-corrected chi connectivity index (χ1v) is 14.0. The van der Waals surface area contributed by atoms with E-state index in [9.17, 15) is 15.0 Å². The number of carbonyl (C=O) groups is 1.